The van der Waals surface area contributed by atoms with Crippen molar-refractivity contribution in [2.45, 2.75) is 38.6 Å². The number of rotatable bonds is 2. The monoisotopic (exact) mass is 139 g/mol. The van der Waals surface area contributed by atoms with Crippen molar-refractivity contribution in [2.24, 2.45) is 5.92 Å². The SMILES string of the molecule is CCC1CN(C2CCC2)C1. The predicted octanol–water partition coefficient (Wildman–Crippen LogP) is 1.88. The third-order valence-electron chi connectivity index (χ3n) is 3.15. The van der Waals surface area contributed by atoms with E-state index in [0.29, 0.717) is 0 Å². The van der Waals surface area contributed by atoms with Crippen LogP contribution in [0.15, 0.2) is 0 Å². The van der Waals surface area contributed by atoms with Gasteiger partial charge in [0, 0.05) is 19.1 Å². The van der Waals surface area contributed by atoms with Crippen molar-refractivity contribution >= 4 is 0 Å². The Bertz CT molecular complexity index is 112. The molecule has 0 aromatic carbocycles. The summed E-state index contributed by atoms with van der Waals surface area (Å²) < 4.78 is 0. The van der Waals surface area contributed by atoms with Crippen LogP contribution in [0.2, 0.25) is 0 Å². The molecule has 0 aromatic heterocycles. The van der Waals surface area contributed by atoms with Crippen LogP contribution in [0.3, 0.4) is 0 Å². The lowest BCUT2D eigenvalue weighted by Gasteiger charge is -2.47. The molecule has 1 heteroatoms. The van der Waals surface area contributed by atoms with Gasteiger partial charge in [0.2, 0.25) is 0 Å². The van der Waals surface area contributed by atoms with Crippen molar-refractivity contribution in [1.82, 2.24) is 4.90 Å². The minimum atomic E-state index is 1.00. The highest BCUT2D eigenvalue weighted by atomic mass is 15.2. The maximum atomic E-state index is 2.66. The maximum Gasteiger partial charge on any atom is 0.00955 e. The van der Waals surface area contributed by atoms with Crippen LogP contribution in [0.5, 0.6) is 0 Å². The maximum absolute atomic E-state index is 2.66. The van der Waals surface area contributed by atoms with Crippen molar-refractivity contribution in [3.05, 3.63) is 0 Å². The van der Waals surface area contributed by atoms with E-state index < -0.39 is 0 Å². The van der Waals surface area contributed by atoms with Crippen molar-refractivity contribution in [3.8, 4) is 0 Å². The molecule has 10 heavy (non-hydrogen) atoms. The molecular weight excluding hydrogens is 122 g/mol. The molecule has 0 N–H and O–H groups in total. The van der Waals surface area contributed by atoms with Gasteiger partial charge >= 0.3 is 0 Å². The van der Waals surface area contributed by atoms with Gasteiger partial charge in [-0.1, -0.05) is 19.8 Å². The normalized spacial score (nSPS) is 29.7. The van der Waals surface area contributed by atoms with Gasteiger partial charge in [-0.2, -0.15) is 0 Å². The Kier molecular flexibility index (Phi) is 1.69. The van der Waals surface area contributed by atoms with Gasteiger partial charge < -0.3 is 0 Å². The van der Waals surface area contributed by atoms with E-state index in [1.165, 1.54) is 38.8 Å². The summed E-state index contributed by atoms with van der Waals surface area (Å²) in [5.41, 5.74) is 0. The predicted molar refractivity (Wildman–Crippen MR) is 43.0 cm³/mol. The van der Waals surface area contributed by atoms with Crippen LogP contribution < -0.4 is 0 Å². The van der Waals surface area contributed by atoms with Crippen LogP contribution in [-0.2, 0) is 0 Å². The molecule has 58 valence electrons. The second-order valence-corrected chi connectivity index (χ2v) is 3.81. The van der Waals surface area contributed by atoms with Gasteiger partial charge in [-0.05, 0) is 18.8 Å². The molecular formula is C9H17N. The van der Waals surface area contributed by atoms with E-state index in [2.05, 4.69) is 11.8 Å². The van der Waals surface area contributed by atoms with E-state index in [9.17, 15) is 0 Å². The van der Waals surface area contributed by atoms with E-state index in [-0.39, 0.29) is 0 Å². The molecule has 0 atom stereocenters. The van der Waals surface area contributed by atoms with Crippen LogP contribution in [0.1, 0.15) is 32.6 Å². The molecule has 0 unspecified atom stereocenters. The highest BCUT2D eigenvalue weighted by Gasteiger charge is 2.33. The second-order valence-electron chi connectivity index (χ2n) is 3.81. The minimum Gasteiger partial charge on any atom is -0.300 e. The lowest BCUT2D eigenvalue weighted by atomic mass is 9.86. The molecule has 1 heterocycles. The summed E-state index contributed by atoms with van der Waals surface area (Å²) in [4.78, 5) is 2.66. The van der Waals surface area contributed by atoms with E-state index >= 15 is 0 Å². The number of nitrogens with zero attached hydrogens (tertiary/aromatic N) is 1. The van der Waals surface area contributed by atoms with Crippen LogP contribution in [0, 0.1) is 5.92 Å². The fraction of sp³-hybridized carbons (Fsp3) is 1.00. The molecule has 1 saturated heterocycles. The Morgan fingerprint density at radius 2 is 2.00 bits per heavy atom. The third-order valence-corrected chi connectivity index (χ3v) is 3.15. The molecule has 0 radical (unpaired) electrons. The fourth-order valence-corrected chi connectivity index (χ4v) is 1.92. The summed E-state index contributed by atoms with van der Waals surface area (Å²) >= 11 is 0. The number of likely N-dealkylation sites (tertiary alicyclic amines) is 1. The van der Waals surface area contributed by atoms with Gasteiger partial charge in [0.1, 0.15) is 0 Å². The van der Waals surface area contributed by atoms with E-state index in [1.54, 1.807) is 0 Å². The van der Waals surface area contributed by atoms with Gasteiger partial charge in [0.25, 0.3) is 0 Å². The van der Waals surface area contributed by atoms with Crippen LogP contribution in [-0.4, -0.2) is 24.0 Å². The van der Waals surface area contributed by atoms with E-state index in [0.717, 1.165) is 12.0 Å². The zero-order valence-electron chi connectivity index (χ0n) is 6.84. The van der Waals surface area contributed by atoms with Gasteiger partial charge in [-0.25, -0.2) is 0 Å². The Balaban J connectivity index is 1.69. The van der Waals surface area contributed by atoms with Gasteiger partial charge in [0.05, 0.1) is 0 Å². The molecule has 1 aliphatic carbocycles. The lowest BCUT2D eigenvalue weighted by molar-refractivity contribution is 0.0156. The standard InChI is InChI=1S/C9H17N/c1-2-8-6-10(7-8)9-4-3-5-9/h8-9H,2-7H2,1H3. The molecule has 2 rings (SSSR count). The first kappa shape index (κ1) is 6.66. The summed E-state index contributed by atoms with van der Waals surface area (Å²) in [5.74, 6) is 1.04. The summed E-state index contributed by atoms with van der Waals surface area (Å²) in [6.45, 7) is 5.12. The largest absolute Gasteiger partial charge is 0.300 e. The van der Waals surface area contributed by atoms with Crippen LogP contribution in [0.4, 0.5) is 0 Å². The van der Waals surface area contributed by atoms with Crippen LogP contribution >= 0.6 is 0 Å². The van der Waals surface area contributed by atoms with Crippen molar-refractivity contribution in [2.75, 3.05) is 13.1 Å². The molecule has 0 aromatic rings. The Labute approximate surface area is 63.4 Å². The van der Waals surface area contributed by atoms with E-state index in [1.807, 2.05) is 0 Å². The molecule has 0 bridgehead atoms. The summed E-state index contributed by atoms with van der Waals surface area (Å²) in [7, 11) is 0. The smallest absolute Gasteiger partial charge is 0.00955 e. The third kappa shape index (κ3) is 0.968. The zero-order chi connectivity index (χ0) is 6.97. The highest BCUT2D eigenvalue weighted by Crippen LogP contribution is 2.31. The van der Waals surface area contributed by atoms with Crippen molar-refractivity contribution in [3.63, 3.8) is 0 Å². The number of hydrogen-bond acceptors (Lipinski definition) is 1. The summed E-state index contributed by atoms with van der Waals surface area (Å²) in [6, 6.07) is 1.00. The molecule has 0 spiro atoms. The highest BCUT2D eigenvalue weighted by molar-refractivity contribution is 4.88. The van der Waals surface area contributed by atoms with Crippen LogP contribution in [0.25, 0.3) is 0 Å². The van der Waals surface area contributed by atoms with Gasteiger partial charge in [-0.3, -0.25) is 4.90 Å². The second kappa shape index (κ2) is 2.54. The Morgan fingerprint density at radius 3 is 2.40 bits per heavy atom. The van der Waals surface area contributed by atoms with Gasteiger partial charge in [0.15, 0.2) is 0 Å². The van der Waals surface area contributed by atoms with Crippen molar-refractivity contribution in [1.29, 1.82) is 0 Å². The number of hydrogen-bond donors (Lipinski definition) is 0. The Hall–Kier alpha value is -0.0400. The molecule has 1 nitrogen and oxygen atoms in total. The molecule has 1 saturated carbocycles. The molecule has 1 aliphatic heterocycles. The topological polar surface area (TPSA) is 3.24 Å². The fourth-order valence-electron chi connectivity index (χ4n) is 1.92. The molecule has 2 fully saturated rings. The summed E-state index contributed by atoms with van der Waals surface area (Å²) in [5, 5.41) is 0. The average Bonchev–Trinajstić information content (AvgIpc) is 1.72. The van der Waals surface area contributed by atoms with Crippen molar-refractivity contribution < 1.29 is 0 Å². The van der Waals surface area contributed by atoms with Gasteiger partial charge in [-0.15, -0.1) is 0 Å². The van der Waals surface area contributed by atoms with E-state index in [4.69, 9.17) is 0 Å². The first-order chi connectivity index (χ1) is 4.90. The first-order valence-electron chi connectivity index (χ1n) is 4.64. The molecule has 2 aliphatic rings. The zero-order valence-corrected chi connectivity index (χ0v) is 6.84. The Morgan fingerprint density at radius 1 is 1.30 bits per heavy atom. The summed E-state index contributed by atoms with van der Waals surface area (Å²) in [6.07, 6.45) is 5.84. The average molecular weight is 139 g/mol. The first-order valence-corrected chi connectivity index (χ1v) is 4.64. The quantitative estimate of drug-likeness (QED) is 0.564. The minimum absolute atomic E-state index is 1.00. The lowest BCUT2D eigenvalue weighted by Crippen LogP contribution is -2.54. The molecule has 0 amide bonds.